The van der Waals surface area contributed by atoms with Gasteiger partial charge in [-0.3, -0.25) is 38.4 Å². The standard InChI is InChI=1S/C41H64N8O12/c1-21(2)30(35(56)43-20-28(42)51)48-36(57)31(22(3)4)47-34(55)27(19-29(52)60-39(6,7)8)45-37(58)41(16-17-41)49-32(53)23(5)44-33(54)26(46-38(59)61-40(9,10)11)18-24-12-14-25(50)15-13-24/h12-15,21-23,26-27,30-31,50H,16-20H2,1-11H3,(H2,42,51)(H,43,56)(H,44,54)(H,45,58)(H,46,59)(H,47,55)(H,48,57)(H,49,53)/t23-,26+,27+,30+,31+/m1/s1. The fourth-order valence-corrected chi connectivity index (χ4v) is 5.69. The first-order chi connectivity index (χ1) is 28.0. The molecule has 1 aromatic carbocycles. The highest BCUT2D eigenvalue weighted by Crippen LogP contribution is 2.36. The highest BCUT2D eigenvalue weighted by Gasteiger charge is 2.52. The number of benzene rings is 1. The van der Waals surface area contributed by atoms with Crippen molar-refractivity contribution in [3.63, 3.8) is 0 Å². The first-order valence-corrected chi connectivity index (χ1v) is 20.1. The molecule has 1 saturated carbocycles. The number of hydrogen-bond acceptors (Lipinski definition) is 12. The van der Waals surface area contributed by atoms with E-state index in [0.29, 0.717) is 5.56 Å². The smallest absolute Gasteiger partial charge is 0.408 e. The van der Waals surface area contributed by atoms with Crippen LogP contribution < -0.4 is 43.0 Å². The number of ether oxygens (including phenoxy) is 2. The number of carbonyl (C=O) groups excluding carboxylic acids is 9. The Balaban J connectivity index is 2.26. The topological polar surface area (TPSA) is 303 Å². The Morgan fingerprint density at radius 3 is 1.67 bits per heavy atom. The second kappa shape index (κ2) is 21.5. The number of aromatic hydroxyl groups is 1. The Bertz CT molecular complexity index is 1780. The maximum Gasteiger partial charge on any atom is 0.408 e. The van der Waals surface area contributed by atoms with E-state index in [-0.39, 0.29) is 25.0 Å². The normalized spacial score (nSPS) is 15.7. The quantitative estimate of drug-likeness (QED) is 0.0788. The lowest BCUT2D eigenvalue weighted by molar-refractivity contribution is -0.156. The number of hydrogen-bond donors (Lipinski definition) is 9. The van der Waals surface area contributed by atoms with Crippen molar-refractivity contribution < 1.29 is 57.7 Å². The van der Waals surface area contributed by atoms with Crippen LogP contribution in [0.15, 0.2) is 24.3 Å². The zero-order valence-electron chi connectivity index (χ0n) is 36.9. The summed E-state index contributed by atoms with van der Waals surface area (Å²) in [4.78, 5) is 118. The van der Waals surface area contributed by atoms with Crippen molar-refractivity contribution in [3.05, 3.63) is 29.8 Å². The van der Waals surface area contributed by atoms with E-state index in [2.05, 4.69) is 37.2 Å². The minimum Gasteiger partial charge on any atom is -0.508 e. The number of nitrogens with one attached hydrogen (secondary N) is 7. The van der Waals surface area contributed by atoms with Crippen molar-refractivity contribution in [3.8, 4) is 5.75 Å². The highest BCUT2D eigenvalue weighted by molar-refractivity contribution is 6.00. The van der Waals surface area contributed by atoms with Crippen LogP contribution in [0.25, 0.3) is 0 Å². The van der Waals surface area contributed by atoms with E-state index in [1.165, 1.54) is 19.1 Å². The molecule has 0 heterocycles. The van der Waals surface area contributed by atoms with E-state index < -0.39 is 125 Å². The van der Waals surface area contributed by atoms with Crippen LogP contribution in [-0.2, 0) is 54.3 Å². The molecule has 1 fully saturated rings. The summed E-state index contributed by atoms with van der Waals surface area (Å²) in [6, 6.07) is -0.477. The molecule has 0 unspecified atom stereocenters. The van der Waals surface area contributed by atoms with Gasteiger partial charge in [-0.05, 0) is 90.8 Å². The van der Waals surface area contributed by atoms with Crippen LogP contribution in [-0.4, -0.2) is 112 Å². The Morgan fingerprint density at radius 1 is 0.672 bits per heavy atom. The van der Waals surface area contributed by atoms with Crippen LogP contribution in [0.5, 0.6) is 5.75 Å². The second-order valence-corrected chi connectivity index (χ2v) is 17.8. The first-order valence-electron chi connectivity index (χ1n) is 20.1. The van der Waals surface area contributed by atoms with Gasteiger partial charge in [0.25, 0.3) is 0 Å². The number of carbonyl (C=O) groups is 9. The molecule has 20 nitrogen and oxygen atoms in total. The number of rotatable bonds is 20. The van der Waals surface area contributed by atoms with Crippen molar-refractivity contribution in [2.45, 2.75) is 149 Å². The van der Waals surface area contributed by atoms with Crippen LogP contribution in [0.1, 0.15) is 101 Å². The third kappa shape index (κ3) is 17.7. The van der Waals surface area contributed by atoms with E-state index in [9.17, 15) is 48.3 Å². The number of primary amides is 1. The lowest BCUT2D eigenvalue weighted by atomic mass is 9.99. The lowest BCUT2D eigenvalue weighted by Crippen LogP contribution is -2.61. The van der Waals surface area contributed by atoms with Crippen LogP contribution in [0.4, 0.5) is 4.79 Å². The molecule has 0 radical (unpaired) electrons. The maximum atomic E-state index is 13.9. The molecule has 5 atom stereocenters. The number of phenolic OH excluding ortho intramolecular Hbond substituents is 1. The largest absolute Gasteiger partial charge is 0.508 e. The van der Waals surface area contributed by atoms with Gasteiger partial charge in [-0.2, -0.15) is 0 Å². The summed E-state index contributed by atoms with van der Waals surface area (Å²) in [7, 11) is 0. The van der Waals surface area contributed by atoms with Gasteiger partial charge in [0.2, 0.25) is 41.4 Å². The molecule has 8 amide bonds. The summed E-state index contributed by atoms with van der Waals surface area (Å²) in [6.45, 7) is 17.3. The molecule has 1 aliphatic rings. The van der Waals surface area contributed by atoms with Gasteiger partial charge in [0.15, 0.2) is 0 Å². The average molecular weight is 861 g/mol. The van der Waals surface area contributed by atoms with Crippen molar-refractivity contribution in [1.29, 1.82) is 0 Å². The summed E-state index contributed by atoms with van der Waals surface area (Å²) >= 11 is 0. The number of phenols is 1. The maximum absolute atomic E-state index is 13.9. The fraction of sp³-hybridized carbons (Fsp3) is 0.634. The van der Waals surface area contributed by atoms with Crippen molar-refractivity contribution in [2.75, 3.05) is 6.54 Å². The Morgan fingerprint density at radius 2 is 1.18 bits per heavy atom. The van der Waals surface area contributed by atoms with Crippen LogP contribution in [0.3, 0.4) is 0 Å². The summed E-state index contributed by atoms with van der Waals surface area (Å²) < 4.78 is 10.7. The van der Waals surface area contributed by atoms with Crippen molar-refractivity contribution in [1.82, 2.24) is 37.2 Å². The van der Waals surface area contributed by atoms with Gasteiger partial charge >= 0.3 is 12.1 Å². The third-order valence-electron chi connectivity index (χ3n) is 9.03. The second-order valence-electron chi connectivity index (χ2n) is 17.8. The molecular formula is C41H64N8O12. The SMILES string of the molecule is CC(C)[C@H](NC(=O)[C@H](CC(=O)OC(C)(C)C)NC(=O)C1(NC(=O)[C@@H](C)NC(=O)[C@H](Cc2ccc(O)cc2)NC(=O)OC(C)(C)C)CC1)C(=O)N[C@H](C(=O)NCC(N)=O)C(C)C. The number of nitrogens with two attached hydrogens (primary N) is 1. The van der Waals surface area contributed by atoms with Crippen molar-refractivity contribution in [2.24, 2.45) is 17.6 Å². The fourth-order valence-electron chi connectivity index (χ4n) is 5.69. The van der Waals surface area contributed by atoms with Gasteiger partial charge in [-0.15, -0.1) is 0 Å². The van der Waals surface area contributed by atoms with Crippen LogP contribution in [0, 0.1) is 11.8 Å². The zero-order chi connectivity index (χ0) is 46.6. The van der Waals surface area contributed by atoms with E-state index in [1.807, 2.05) is 0 Å². The highest BCUT2D eigenvalue weighted by atomic mass is 16.6. The lowest BCUT2D eigenvalue weighted by Gasteiger charge is -2.29. The zero-order valence-corrected chi connectivity index (χ0v) is 36.9. The van der Waals surface area contributed by atoms with E-state index in [4.69, 9.17) is 15.2 Å². The molecule has 10 N–H and O–H groups in total. The average Bonchev–Trinajstić information content (AvgIpc) is 3.90. The Kier molecular flexibility index (Phi) is 18.1. The Labute approximate surface area is 356 Å². The Hall–Kier alpha value is -5.95. The van der Waals surface area contributed by atoms with Crippen molar-refractivity contribution >= 4 is 53.4 Å². The van der Waals surface area contributed by atoms with E-state index >= 15 is 0 Å². The van der Waals surface area contributed by atoms with Gasteiger partial charge in [0, 0.05) is 6.42 Å². The summed E-state index contributed by atoms with van der Waals surface area (Å²) in [5.41, 5.74) is 2.35. The van der Waals surface area contributed by atoms with Gasteiger partial charge < -0.3 is 57.5 Å². The summed E-state index contributed by atoms with van der Waals surface area (Å²) in [5.74, 6) is -7.37. The molecule has 0 bridgehead atoms. The first kappa shape index (κ1) is 51.2. The predicted molar refractivity (Wildman–Crippen MR) is 221 cm³/mol. The summed E-state index contributed by atoms with van der Waals surface area (Å²) in [6.07, 6.45) is -1.29. The molecule has 0 spiro atoms. The minimum atomic E-state index is -1.60. The predicted octanol–water partition coefficient (Wildman–Crippen LogP) is 0.0812. The molecule has 1 aliphatic carbocycles. The molecule has 340 valence electrons. The van der Waals surface area contributed by atoms with E-state index in [0.717, 1.165) is 0 Å². The molecule has 0 aromatic heterocycles. The molecule has 0 aliphatic heterocycles. The van der Waals surface area contributed by atoms with Crippen LogP contribution >= 0.6 is 0 Å². The number of esters is 1. The van der Waals surface area contributed by atoms with Gasteiger partial charge in [-0.25, -0.2) is 4.79 Å². The van der Waals surface area contributed by atoms with Gasteiger partial charge in [0.1, 0.15) is 52.7 Å². The number of amides is 8. The number of alkyl carbamates (subject to hydrolysis) is 1. The summed E-state index contributed by atoms with van der Waals surface area (Å²) in [5, 5.41) is 27.4. The third-order valence-corrected chi connectivity index (χ3v) is 9.03. The van der Waals surface area contributed by atoms with Gasteiger partial charge in [0.05, 0.1) is 13.0 Å². The molecule has 0 saturated heterocycles. The van der Waals surface area contributed by atoms with Crippen LogP contribution in [0.2, 0.25) is 0 Å². The molecule has 20 heteroatoms. The van der Waals surface area contributed by atoms with Gasteiger partial charge in [-0.1, -0.05) is 39.8 Å². The molecule has 61 heavy (non-hydrogen) atoms. The molecule has 1 aromatic rings. The van der Waals surface area contributed by atoms with E-state index in [1.54, 1.807) is 81.4 Å². The monoisotopic (exact) mass is 860 g/mol. The minimum absolute atomic E-state index is 0.00452. The molecular weight excluding hydrogens is 796 g/mol. The molecule has 2 rings (SSSR count).